The molecule has 1 saturated heterocycles. The van der Waals surface area contributed by atoms with Gasteiger partial charge in [0.25, 0.3) is 0 Å². The maximum atomic E-state index is 12.7. The number of ether oxygens (including phenoxy) is 2. The number of carbonyl (C=O) groups excluding carboxylic acids is 1. The van der Waals surface area contributed by atoms with Crippen LogP contribution in [0.15, 0.2) is 48.5 Å². The highest BCUT2D eigenvalue weighted by atomic mass is 32.1. The van der Waals surface area contributed by atoms with E-state index >= 15 is 0 Å². The number of amides is 1. The predicted octanol–water partition coefficient (Wildman–Crippen LogP) is 4.44. The van der Waals surface area contributed by atoms with Gasteiger partial charge in [-0.1, -0.05) is 18.2 Å². The Bertz CT molecular complexity index is 1030. The number of nitrogens with zero attached hydrogens (tertiary/aromatic N) is 2. The molecule has 0 spiro atoms. The number of aromatic nitrogens is 1. The van der Waals surface area contributed by atoms with Crippen LogP contribution in [0, 0.1) is 0 Å². The van der Waals surface area contributed by atoms with Crippen molar-refractivity contribution in [2.45, 2.75) is 18.8 Å². The Hall–Kier alpha value is -2.86. The number of hydrogen-bond donors (Lipinski definition) is 0. The summed E-state index contributed by atoms with van der Waals surface area (Å²) in [7, 11) is 0. The van der Waals surface area contributed by atoms with E-state index in [4.69, 9.17) is 14.5 Å². The van der Waals surface area contributed by atoms with Gasteiger partial charge in [0.15, 0.2) is 11.5 Å². The standard InChI is InChI=1S/C22H20N2O3S/c25-21(10-8-15-7-9-18-19(12-15)27-14-26-18)24-11-3-4-16(13-24)22-23-17-5-1-2-6-20(17)28-22/h1-2,5-10,12,16H,3-4,11,13-14H2/b10-8+/t16-/m0/s1. The number of benzene rings is 2. The lowest BCUT2D eigenvalue weighted by Crippen LogP contribution is -2.38. The van der Waals surface area contributed by atoms with Crippen LogP contribution in [0.25, 0.3) is 16.3 Å². The van der Waals surface area contributed by atoms with Crippen molar-refractivity contribution in [2.75, 3.05) is 19.9 Å². The summed E-state index contributed by atoms with van der Waals surface area (Å²) in [6.45, 7) is 1.78. The minimum atomic E-state index is 0.0449. The molecule has 5 rings (SSSR count). The highest BCUT2D eigenvalue weighted by Gasteiger charge is 2.26. The Morgan fingerprint density at radius 3 is 3.00 bits per heavy atom. The summed E-state index contributed by atoms with van der Waals surface area (Å²) >= 11 is 1.75. The van der Waals surface area contributed by atoms with Crippen LogP contribution in [0.3, 0.4) is 0 Å². The number of likely N-dealkylation sites (tertiary alicyclic amines) is 1. The van der Waals surface area contributed by atoms with Gasteiger partial charge in [-0.3, -0.25) is 4.79 Å². The summed E-state index contributed by atoms with van der Waals surface area (Å²) in [5, 5.41) is 1.14. The molecule has 1 amide bonds. The fourth-order valence-electron chi connectivity index (χ4n) is 3.73. The van der Waals surface area contributed by atoms with Crippen LogP contribution >= 0.6 is 11.3 Å². The Balaban J connectivity index is 1.28. The topological polar surface area (TPSA) is 51.7 Å². The van der Waals surface area contributed by atoms with Crippen molar-refractivity contribution in [3.05, 3.63) is 59.1 Å². The second-order valence-electron chi connectivity index (χ2n) is 7.09. The van der Waals surface area contributed by atoms with E-state index in [-0.39, 0.29) is 12.7 Å². The number of fused-ring (bicyclic) bond motifs is 2. The first-order valence-corrected chi connectivity index (χ1v) is 10.3. The van der Waals surface area contributed by atoms with Crippen molar-refractivity contribution in [3.8, 4) is 11.5 Å². The smallest absolute Gasteiger partial charge is 0.246 e. The molecule has 0 bridgehead atoms. The number of piperidine rings is 1. The van der Waals surface area contributed by atoms with E-state index in [0.717, 1.165) is 53.5 Å². The van der Waals surface area contributed by atoms with Crippen molar-refractivity contribution in [3.63, 3.8) is 0 Å². The van der Waals surface area contributed by atoms with E-state index in [9.17, 15) is 4.79 Å². The van der Waals surface area contributed by atoms with Gasteiger partial charge in [0.05, 0.1) is 15.2 Å². The molecule has 2 aromatic carbocycles. The molecule has 2 aliphatic heterocycles. The molecule has 2 aliphatic rings. The summed E-state index contributed by atoms with van der Waals surface area (Å²) in [6, 6.07) is 13.9. The molecule has 6 heteroatoms. The quantitative estimate of drug-likeness (QED) is 0.618. The van der Waals surface area contributed by atoms with Gasteiger partial charge in [0.2, 0.25) is 12.7 Å². The monoisotopic (exact) mass is 392 g/mol. The molecule has 1 aromatic heterocycles. The van der Waals surface area contributed by atoms with Gasteiger partial charge in [0, 0.05) is 25.1 Å². The summed E-state index contributed by atoms with van der Waals surface area (Å²) in [6.07, 6.45) is 5.57. The first-order chi connectivity index (χ1) is 13.8. The maximum Gasteiger partial charge on any atom is 0.246 e. The fraction of sp³-hybridized carbons (Fsp3) is 0.273. The van der Waals surface area contributed by atoms with Gasteiger partial charge >= 0.3 is 0 Å². The van der Waals surface area contributed by atoms with Gasteiger partial charge in [-0.25, -0.2) is 4.98 Å². The number of hydrogen-bond acceptors (Lipinski definition) is 5. The minimum absolute atomic E-state index is 0.0449. The molecule has 1 fully saturated rings. The molecule has 3 heterocycles. The molecule has 0 aliphatic carbocycles. The zero-order chi connectivity index (χ0) is 18.9. The molecular weight excluding hydrogens is 372 g/mol. The maximum absolute atomic E-state index is 12.7. The largest absolute Gasteiger partial charge is 0.454 e. The first-order valence-electron chi connectivity index (χ1n) is 9.48. The Morgan fingerprint density at radius 1 is 1.18 bits per heavy atom. The fourth-order valence-corrected chi connectivity index (χ4v) is 4.83. The SMILES string of the molecule is O=C(/C=C/c1ccc2c(c1)OCO2)N1CCC[C@H](c2nc3ccccc3s2)C1. The second kappa shape index (κ2) is 7.28. The van der Waals surface area contributed by atoms with Crippen molar-refractivity contribution in [1.82, 2.24) is 9.88 Å². The van der Waals surface area contributed by atoms with Crippen molar-refractivity contribution >= 4 is 33.5 Å². The van der Waals surface area contributed by atoms with Gasteiger partial charge in [-0.15, -0.1) is 11.3 Å². The molecule has 0 radical (unpaired) electrons. The lowest BCUT2D eigenvalue weighted by atomic mass is 9.98. The molecule has 142 valence electrons. The highest BCUT2D eigenvalue weighted by molar-refractivity contribution is 7.18. The Morgan fingerprint density at radius 2 is 2.07 bits per heavy atom. The van der Waals surface area contributed by atoms with E-state index in [0.29, 0.717) is 5.92 Å². The molecule has 5 nitrogen and oxygen atoms in total. The van der Waals surface area contributed by atoms with Crippen LogP contribution in [-0.2, 0) is 4.79 Å². The van der Waals surface area contributed by atoms with Gasteiger partial charge in [-0.2, -0.15) is 0 Å². The normalized spacial score (nSPS) is 18.9. The third-order valence-corrected chi connectivity index (χ3v) is 6.41. The zero-order valence-electron chi connectivity index (χ0n) is 15.3. The Kier molecular flexibility index (Phi) is 4.49. The third-order valence-electron chi connectivity index (χ3n) is 5.21. The summed E-state index contributed by atoms with van der Waals surface area (Å²) in [5.74, 6) is 1.83. The van der Waals surface area contributed by atoms with E-state index in [2.05, 4.69) is 12.1 Å². The van der Waals surface area contributed by atoms with Crippen molar-refractivity contribution < 1.29 is 14.3 Å². The number of para-hydroxylation sites is 1. The molecule has 1 atom stereocenters. The number of thiazole rings is 1. The third kappa shape index (κ3) is 3.36. The zero-order valence-corrected chi connectivity index (χ0v) is 16.2. The van der Waals surface area contributed by atoms with Crippen LogP contribution in [0.1, 0.15) is 29.3 Å². The molecule has 0 N–H and O–H groups in total. The van der Waals surface area contributed by atoms with Crippen LogP contribution in [0.2, 0.25) is 0 Å². The molecule has 3 aromatic rings. The summed E-state index contributed by atoms with van der Waals surface area (Å²) < 4.78 is 11.9. The second-order valence-corrected chi connectivity index (χ2v) is 8.15. The first kappa shape index (κ1) is 17.3. The van der Waals surface area contributed by atoms with Crippen LogP contribution in [0.4, 0.5) is 0 Å². The molecule has 28 heavy (non-hydrogen) atoms. The summed E-state index contributed by atoms with van der Waals surface area (Å²) in [4.78, 5) is 19.4. The van der Waals surface area contributed by atoms with E-state index in [1.54, 1.807) is 17.4 Å². The lowest BCUT2D eigenvalue weighted by Gasteiger charge is -2.31. The predicted molar refractivity (Wildman–Crippen MR) is 110 cm³/mol. The van der Waals surface area contributed by atoms with Crippen LogP contribution in [-0.4, -0.2) is 35.7 Å². The van der Waals surface area contributed by atoms with E-state index < -0.39 is 0 Å². The van der Waals surface area contributed by atoms with Crippen LogP contribution < -0.4 is 9.47 Å². The summed E-state index contributed by atoms with van der Waals surface area (Å²) in [5.41, 5.74) is 1.98. The molecule has 0 saturated carbocycles. The van der Waals surface area contributed by atoms with E-state index in [1.165, 1.54) is 4.70 Å². The Labute approximate surface area is 167 Å². The van der Waals surface area contributed by atoms with Gasteiger partial charge < -0.3 is 14.4 Å². The average Bonchev–Trinajstić information content (AvgIpc) is 3.38. The van der Waals surface area contributed by atoms with Crippen molar-refractivity contribution in [1.29, 1.82) is 0 Å². The van der Waals surface area contributed by atoms with Crippen molar-refractivity contribution in [2.24, 2.45) is 0 Å². The minimum Gasteiger partial charge on any atom is -0.454 e. The van der Waals surface area contributed by atoms with Crippen LogP contribution in [0.5, 0.6) is 11.5 Å². The van der Waals surface area contributed by atoms with E-state index in [1.807, 2.05) is 41.3 Å². The molecule has 0 unspecified atom stereocenters. The lowest BCUT2D eigenvalue weighted by molar-refractivity contribution is -0.127. The number of rotatable bonds is 3. The van der Waals surface area contributed by atoms with Gasteiger partial charge in [-0.05, 0) is 48.7 Å². The van der Waals surface area contributed by atoms with Gasteiger partial charge in [0.1, 0.15) is 0 Å². The molecular formula is C22H20N2O3S. The average molecular weight is 392 g/mol. The highest BCUT2D eigenvalue weighted by Crippen LogP contribution is 2.34. The number of carbonyl (C=O) groups is 1.